The summed E-state index contributed by atoms with van der Waals surface area (Å²) in [5.74, 6) is 0.644. The molecule has 1 unspecified atom stereocenters. The zero-order valence-electron chi connectivity index (χ0n) is 16.2. The highest BCUT2D eigenvalue weighted by Gasteiger charge is 2.30. The maximum Gasteiger partial charge on any atom is 0.406 e. The van der Waals surface area contributed by atoms with Gasteiger partial charge in [-0.3, -0.25) is 14.5 Å². The van der Waals surface area contributed by atoms with Crippen LogP contribution in [0.5, 0.6) is 0 Å². The molecule has 4 aromatic rings. The number of alkyl halides is 3. The Hall–Kier alpha value is -3.40. The molecule has 2 N–H and O–H groups in total. The summed E-state index contributed by atoms with van der Waals surface area (Å²) in [4.78, 5) is 19.2. The number of hydrogen-bond acceptors (Lipinski definition) is 5. The van der Waals surface area contributed by atoms with Crippen LogP contribution in [0.1, 0.15) is 6.42 Å². The van der Waals surface area contributed by atoms with E-state index in [9.17, 15) is 23.1 Å². The third-order valence-electron chi connectivity index (χ3n) is 5.57. The van der Waals surface area contributed by atoms with Crippen LogP contribution in [0.3, 0.4) is 0 Å². The van der Waals surface area contributed by atoms with Gasteiger partial charge in [0.15, 0.2) is 0 Å². The molecule has 4 heterocycles. The van der Waals surface area contributed by atoms with E-state index < -0.39 is 24.4 Å². The van der Waals surface area contributed by atoms with Crippen LogP contribution in [-0.2, 0) is 6.54 Å². The van der Waals surface area contributed by atoms with Crippen molar-refractivity contribution in [3.63, 3.8) is 0 Å². The van der Waals surface area contributed by atoms with Crippen LogP contribution in [0.15, 0.2) is 47.5 Å². The van der Waals surface area contributed by atoms with Crippen molar-refractivity contribution in [2.45, 2.75) is 25.2 Å². The van der Waals surface area contributed by atoms with Gasteiger partial charge in [-0.1, -0.05) is 12.1 Å². The van der Waals surface area contributed by atoms with Gasteiger partial charge in [0.1, 0.15) is 12.4 Å². The molecule has 10 heteroatoms. The number of aromatic nitrogens is 4. The summed E-state index contributed by atoms with van der Waals surface area (Å²) in [6, 6.07) is 8.63. The summed E-state index contributed by atoms with van der Waals surface area (Å²) in [5, 5.41) is 17.0. The number of rotatable bonds is 3. The molecule has 0 radical (unpaired) electrons. The van der Waals surface area contributed by atoms with Gasteiger partial charge in [0.2, 0.25) is 0 Å². The van der Waals surface area contributed by atoms with Gasteiger partial charge in [0.25, 0.3) is 5.56 Å². The predicted octanol–water partition coefficient (Wildman–Crippen LogP) is 3.07. The molecule has 31 heavy (non-hydrogen) atoms. The number of benzene rings is 1. The Kier molecular flexibility index (Phi) is 4.47. The fourth-order valence-electron chi connectivity index (χ4n) is 4.19. The number of aromatic amines is 1. The fraction of sp³-hybridized carbons (Fsp3) is 0.286. The zero-order valence-corrected chi connectivity index (χ0v) is 16.2. The van der Waals surface area contributed by atoms with E-state index in [1.807, 2.05) is 11.0 Å². The van der Waals surface area contributed by atoms with Gasteiger partial charge in [-0.25, -0.2) is 4.98 Å². The largest absolute Gasteiger partial charge is 0.406 e. The second-order valence-electron chi connectivity index (χ2n) is 7.66. The van der Waals surface area contributed by atoms with Gasteiger partial charge in [-0.05, 0) is 30.2 Å². The molecule has 1 aliphatic rings. The van der Waals surface area contributed by atoms with Crippen molar-refractivity contribution < 1.29 is 18.3 Å². The van der Waals surface area contributed by atoms with Crippen LogP contribution in [-0.4, -0.2) is 50.2 Å². The quantitative estimate of drug-likeness (QED) is 0.523. The summed E-state index contributed by atoms with van der Waals surface area (Å²) in [5.41, 5.74) is 1.16. The molecule has 1 aliphatic heterocycles. The molecule has 1 saturated heterocycles. The molecule has 160 valence electrons. The summed E-state index contributed by atoms with van der Waals surface area (Å²) >= 11 is 0. The van der Waals surface area contributed by atoms with Gasteiger partial charge < -0.3 is 10.0 Å². The molecule has 5 rings (SSSR count). The monoisotopic (exact) mass is 429 g/mol. The Balaban J connectivity index is 1.74. The molecule has 1 fully saturated rings. The molecule has 0 bridgehead atoms. The number of H-pyrrole nitrogens is 1. The number of β-amino-alcohol motifs (C(OH)–C–C–N with tert-alkyl or cyclic N) is 1. The Morgan fingerprint density at radius 2 is 2.06 bits per heavy atom. The van der Waals surface area contributed by atoms with E-state index in [0.29, 0.717) is 47.4 Å². The average Bonchev–Trinajstić information content (AvgIpc) is 3.39. The number of aliphatic hydroxyl groups is 1. The minimum Gasteiger partial charge on any atom is -0.391 e. The first-order valence-corrected chi connectivity index (χ1v) is 9.76. The van der Waals surface area contributed by atoms with E-state index in [-0.39, 0.29) is 10.9 Å². The van der Waals surface area contributed by atoms with Crippen LogP contribution in [0.25, 0.3) is 32.9 Å². The molecule has 0 aliphatic carbocycles. The van der Waals surface area contributed by atoms with Crippen LogP contribution in [0.4, 0.5) is 19.0 Å². The maximum atomic E-state index is 13.3. The standard InChI is InChI=1S/C21H18F3N5O2/c22-21(23,24)11-29-17-8-12(3-4-15(17)18-16(20(29)31)9-26-27-18)14-2-1-6-25-19(14)28-7-5-13(30)10-28/h1-4,6,8-9,13,30H,5,7,10-11H2,(H,26,27). The van der Waals surface area contributed by atoms with E-state index in [2.05, 4.69) is 15.2 Å². The normalized spacial score (nSPS) is 17.2. The van der Waals surface area contributed by atoms with E-state index in [1.54, 1.807) is 30.5 Å². The second kappa shape index (κ2) is 7.09. The Morgan fingerprint density at radius 3 is 2.81 bits per heavy atom. The Labute approximate surface area is 173 Å². The third-order valence-corrected chi connectivity index (χ3v) is 5.57. The SMILES string of the molecule is O=c1c2cn[nH]c2c2ccc(-c3cccnc3N3CCC(O)C3)cc2n1CC(F)(F)F. The number of fused-ring (bicyclic) bond motifs is 3. The second-order valence-corrected chi connectivity index (χ2v) is 7.66. The van der Waals surface area contributed by atoms with Crippen molar-refractivity contribution in [1.29, 1.82) is 0 Å². The number of halogens is 3. The van der Waals surface area contributed by atoms with E-state index in [0.717, 1.165) is 4.57 Å². The topological polar surface area (TPSA) is 87.0 Å². The highest BCUT2D eigenvalue weighted by molar-refractivity contribution is 6.04. The van der Waals surface area contributed by atoms with Crippen molar-refractivity contribution in [1.82, 2.24) is 19.7 Å². The zero-order chi connectivity index (χ0) is 21.8. The molecule has 1 aromatic carbocycles. The van der Waals surface area contributed by atoms with Crippen molar-refractivity contribution in [2.75, 3.05) is 18.0 Å². The lowest BCUT2D eigenvalue weighted by Gasteiger charge is -2.20. The third kappa shape index (κ3) is 3.42. The van der Waals surface area contributed by atoms with Gasteiger partial charge >= 0.3 is 6.18 Å². The minimum absolute atomic E-state index is 0.109. The first kappa shape index (κ1) is 19.6. The van der Waals surface area contributed by atoms with Crippen molar-refractivity contribution in [3.05, 3.63) is 53.1 Å². The number of hydrogen-bond donors (Lipinski definition) is 2. The van der Waals surface area contributed by atoms with Crippen LogP contribution < -0.4 is 10.5 Å². The molecule has 0 spiro atoms. The Morgan fingerprint density at radius 1 is 1.23 bits per heavy atom. The van der Waals surface area contributed by atoms with Crippen LogP contribution in [0.2, 0.25) is 0 Å². The molecular formula is C21H18F3N5O2. The van der Waals surface area contributed by atoms with Crippen molar-refractivity contribution in [2.24, 2.45) is 0 Å². The van der Waals surface area contributed by atoms with Crippen LogP contribution in [0, 0.1) is 0 Å². The first-order valence-electron chi connectivity index (χ1n) is 9.76. The molecule has 0 amide bonds. The molecule has 3 aromatic heterocycles. The van der Waals surface area contributed by atoms with Crippen molar-refractivity contribution >= 4 is 27.6 Å². The lowest BCUT2D eigenvalue weighted by Crippen LogP contribution is -2.28. The predicted molar refractivity (Wildman–Crippen MR) is 110 cm³/mol. The number of pyridine rings is 2. The smallest absolute Gasteiger partial charge is 0.391 e. The maximum absolute atomic E-state index is 13.3. The average molecular weight is 429 g/mol. The van der Waals surface area contributed by atoms with E-state index >= 15 is 0 Å². The summed E-state index contributed by atoms with van der Waals surface area (Å²) in [6.45, 7) is -0.331. The minimum atomic E-state index is -4.56. The first-order chi connectivity index (χ1) is 14.8. The number of aliphatic hydroxyl groups excluding tert-OH is 1. The summed E-state index contributed by atoms with van der Waals surface area (Å²) < 4.78 is 40.6. The molecule has 1 atom stereocenters. The number of nitrogens with one attached hydrogen (secondary N) is 1. The van der Waals surface area contributed by atoms with Gasteiger partial charge in [-0.2, -0.15) is 18.3 Å². The molecular weight excluding hydrogens is 411 g/mol. The number of nitrogens with zero attached hydrogens (tertiary/aromatic N) is 4. The van der Waals surface area contributed by atoms with Gasteiger partial charge in [0.05, 0.1) is 28.7 Å². The van der Waals surface area contributed by atoms with Crippen LogP contribution >= 0.6 is 0 Å². The summed E-state index contributed by atoms with van der Waals surface area (Å²) in [7, 11) is 0. The molecule has 0 saturated carbocycles. The van der Waals surface area contributed by atoms with E-state index in [1.165, 1.54) is 6.20 Å². The highest BCUT2D eigenvalue weighted by atomic mass is 19.4. The highest BCUT2D eigenvalue weighted by Crippen LogP contribution is 2.34. The van der Waals surface area contributed by atoms with Gasteiger partial charge in [0, 0.05) is 30.2 Å². The van der Waals surface area contributed by atoms with E-state index in [4.69, 9.17) is 0 Å². The molecule has 7 nitrogen and oxygen atoms in total. The summed E-state index contributed by atoms with van der Waals surface area (Å²) in [6.07, 6.45) is -1.50. The number of anilines is 1. The Bertz CT molecular complexity index is 1340. The lowest BCUT2D eigenvalue weighted by atomic mass is 10.0. The van der Waals surface area contributed by atoms with Gasteiger partial charge in [-0.15, -0.1) is 0 Å². The van der Waals surface area contributed by atoms with Crippen molar-refractivity contribution in [3.8, 4) is 11.1 Å². The lowest BCUT2D eigenvalue weighted by molar-refractivity contribution is -0.140. The fourth-order valence-corrected chi connectivity index (χ4v) is 4.19.